The van der Waals surface area contributed by atoms with Crippen LogP contribution in [0.5, 0.6) is 0 Å². The zero-order valence-electron chi connectivity index (χ0n) is 15.5. The van der Waals surface area contributed by atoms with E-state index in [1.165, 1.54) is 25.3 Å². The molecule has 4 fully saturated rings. The monoisotopic (exact) mass is 387 g/mol. The number of halogens is 2. The van der Waals surface area contributed by atoms with Crippen molar-refractivity contribution in [3.63, 3.8) is 0 Å². The highest BCUT2D eigenvalue weighted by atomic mass is 19.1. The summed E-state index contributed by atoms with van der Waals surface area (Å²) in [6.07, 6.45) is 7.03. The summed E-state index contributed by atoms with van der Waals surface area (Å²) in [5.74, 6) is 0.0206. The molecule has 0 unspecified atom stereocenters. The number of amides is 2. The zero-order valence-corrected chi connectivity index (χ0v) is 15.5. The SMILES string of the molecule is O=C(CNC(=O)c1cc2c(F)cc(F)cc2[nH]1)NC12CC3CC(CC(C3)C1)C2. The fraction of sp³-hybridized carbons (Fsp3) is 0.524. The van der Waals surface area contributed by atoms with E-state index in [2.05, 4.69) is 15.6 Å². The number of rotatable bonds is 4. The molecular formula is C21H23F2N3O2. The average Bonchev–Trinajstić information content (AvgIpc) is 3.02. The molecule has 4 aliphatic carbocycles. The second-order valence-corrected chi connectivity index (χ2v) is 8.96. The van der Waals surface area contributed by atoms with Crippen LogP contribution in [-0.4, -0.2) is 28.9 Å². The van der Waals surface area contributed by atoms with E-state index in [4.69, 9.17) is 0 Å². The van der Waals surface area contributed by atoms with Crippen LogP contribution in [0.3, 0.4) is 0 Å². The van der Waals surface area contributed by atoms with Gasteiger partial charge >= 0.3 is 0 Å². The summed E-state index contributed by atoms with van der Waals surface area (Å²) in [6, 6.07) is 3.24. The van der Waals surface area contributed by atoms with Gasteiger partial charge in [0.15, 0.2) is 0 Å². The minimum Gasteiger partial charge on any atom is -0.350 e. The van der Waals surface area contributed by atoms with E-state index in [9.17, 15) is 18.4 Å². The van der Waals surface area contributed by atoms with E-state index in [1.807, 2.05) is 0 Å². The third kappa shape index (κ3) is 3.06. The van der Waals surface area contributed by atoms with Crippen molar-refractivity contribution in [2.75, 3.05) is 6.54 Å². The molecule has 1 heterocycles. The van der Waals surface area contributed by atoms with Crippen LogP contribution in [0.1, 0.15) is 49.0 Å². The van der Waals surface area contributed by atoms with Gasteiger partial charge in [-0.15, -0.1) is 0 Å². The second kappa shape index (κ2) is 6.29. The first-order valence-electron chi connectivity index (χ1n) is 9.96. The number of fused-ring (bicyclic) bond motifs is 1. The molecule has 28 heavy (non-hydrogen) atoms. The van der Waals surface area contributed by atoms with Gasteiger partial charge in [0.25, 0.3) is 5.91 Å². The Bertz CT molecular complexity index is 933. The van der Waals surface area contributed by atoms with Gasteiger partial charge in [-0.2, -0.15) is 0 Å². The molecule has 1 aromatic carbocycles. The summed E-state index contributed by atoms with van der Waals surface area (Å²) in [5, 5.41) is 5.92. The van der Waals surface area contributed by atoms with Crippen molar-refractivity contribution in [3.05, 3.63) is 35.5 Å². The summed E-state index contributed by atoms with van der Waals surface area (Å²) in [5.41, 5.74) is 0.209. The average molecular weight is 387 g/mol. The predicted octanol–water partition coefficient (Wildman–Crippen LogP) is 3.26. The van der Waals surface area contributed by atoms with Gasteiger partial charge in [0, 0.05) is 17.0 Å². The van der Waals surface area contributed by atoms with Crippen LogP contribution in [0, 0.1) is 29.4 Å². The molecule has 148 valence electrons. The molecule has 6 rings (SSSR count). The molecule has 4 saturated carbocycles. The van der Waals surface area contributed by atoms with E-state index in [0.29, 0.717) is 0 Å². The molecule has 0 aliphatic heterocycles. The van der Waals surface area contributed by atoms with Crippen molar-refractivity contribution in [2.24, 2.45) is 17.8 Å². The first-order valence-corrected chi connectivity index (χ1v) is 9.96. The van der Waals surface area contributed by atoms with Crippen molar-refractivity contribution < 1.29 is 18.4 Å². The van der Waals surface area contributed by atoms with Crippen LogP contribution < -0.4 is 10.6 Å². The molecule has 4 aliphatic rings. The maximum absolute atomic E-state index is 13.8. The van der Waals surface area contributed by atoms with Crippen molar-refractivity contribution in [2.45, 2.75) is 44.1 Å². The minimum atomic E-state index is -0.732. The molecule has 5 nitrogen and oxygen atoms in total. The summed E-state index contributed by atoms with van der Waals surface area (Å²) >= 11 is 0. The number of H-pyrrole nitrogens is 1. The summed E-state index contributed by atoms with van der Waals surface area (Å²) in [7, 11) is 0. The van der Waals surface area contributed by atoms with E-state index >= 15 is 0 Å². The van der Waals surface area contributed by atoms with Gasteiger partial charge in [0.1, 0.15) is 17.3 Å². The van der Waals surface area contributed by atoms with Gasteiger partial charge in [-0.05, 0) is 68.4 Å². The Balaban J connectivity index is 1.22. The third-order valence-electron chi connectivity index (χ3n) is 6.75. The highest BCUT2D eigenvalue weighted by molar-refractivity contribution is 5.99. The lowest BCUT2D eigenvalue weighted by Crippen LogP contribution is -2.61. The lowest BCUT2D eigenvalue weighted by Gasteiger charge is -2.56. The van der Waals surface area contributed by atoms with Crippen LogP contribution in [0.4, 0.5) is 8.78 Å². The number of aromatic nitrogens is 1. The number of nitrogens with one attached hydrogen (secondary N) is 3. The van der Waals surface area contributed by atoms with Crippen LogP contribution in [0.25, 0.3) is 10.9 Å². The van der Waals surface area contributed by atoms with Gasteiger partial charge in [-0.1, -0.05) is 0 Å². The molecule has 0 saturated heterocycles. The molecule has 0 radical (unpaired) electrons. The lowest BCUT2D eigenvalue weighted by atomic mass is 9.53. The number of hydrogen-bond acceptors (Lipinski definition) is 2. The Hall–Kier alpha value is -2.44. The number of aromatic amines is 1. The summed E-state index contributed by atoms with van der Waals surface area (Å²) < 4.78 is 27.1. The van der Waals surface area contributed by atoms with Crippen molar-refractivity contribution in [1.82, 2.24) is 15.6 Å². The van der Waals surface area contributed by atoms with E-state index in [0.717, 1.165) is 49.1 Å². The maximum Gasteiger partial charge on any atom is 0.268 e. The predicted molar refractivity (Wildman–Crippen MR) is 99.6 cm³/mol. The van der Waals surface area contributed by atoms with Crippen molar-refractivity contribution >= 4 is 22.7 Å². The van der Waals surface area contributed by atoms with Crippen LogP contribution >= 0.6 is 0 Å². The quantitative estimate of drug-likeness (QED) is 0.753. The molecule has 2 aromatic rings. The molecule has 0 spiro atoms. The molecule has 4 bridgehead atoms. The number of carbonyl (C=O) groups is 2. The Kier molecular flexibility index (Phi) is 3.96. The largest absolute Gasteiger partial charge is 0.350 e. The molecule has 0 atom stereocenters. The molecular weight excluding hydrogens is 364 g/mol. The Labute approximate surface area is 161 Å². The molecule has 7 heteroatoms. The number of benzene rings is 1. The zero-order chi connectivity index (χ0) is 19.5. The standard InChI is InChI=1S/C21H23F2N3O2/c22-14-4-16(23)15-6-18(25-17(15)5-14)20(28)24-10-19(27)26-21-7-11-1-12(8-21)3-13(2-11)9-21/h4-6,11-13,25H,1-3,7-10H2,(H,24,28)(H,26,27). The Morgan fingerprint density at radius 2 is 1.68 bits per heavy atom. The Morgan fingerprint density at radius 1 is 1.04 bits per heavy atom. The summed E-state index contributed by atoms with van der Waals surface area (Å²) in [4.78, 5) is 27.5. The summed E-state index contributed by atoms with van der Waals surface area (Å²) in [6.45, 7) is -0.132. The van der Waals surface area contributed by atoms with Gasteiger partial charge in [0.2, 0.25) is 5.91 Å². The Morgan fingerprint density at radius 3 is 2.32 bits per heavy atom. The fourth-order valence-electron chi connectivity index (χ4n) is 6.14. The molecule has 1 aromatic heterocycles. The minimum absolute atomic E-state index is 0.0989. The normalized spacial score (nSPS) is 30.6. The van der Waals surface area contributed by atoms with Crippen LogP contribution in [-0.2, 0) is 4.79 Å². The highest BCUT2D eigenvalue weighted by Crippen LogP contribution is 2.55. The van der Waals surface area contributed by atoms with Crippen molar-refractivity contribution in [1.29, 1.82) is 0 Å². The molecule has 3 N–H and O–H groups in total. The third-order valence-corrected chi connectivity index (χ3v) is 6.75. The maximum atomic E-state index is 13.8. The van der Waals surface area contributed by atoms with Crippen molar-refractivity contribution in [3.8, 4) is 0 Å². The first kappa shape index (κ1) is 17.6. The van der Waals surface area contributed by atoms with E-state index in [-0.39, 0.29) is 34.6 Å². The van der Waals surface area contributed by atoms with E-state index in [1.54, 1.807) is 0 Å². The van der Waals surface area contributed by atoms with Gasteiger partial charge in [0.05, 0.1) is 12.1 Å². The number of carbonyl (C=O) groups excluding carboxylic acids is 2. The smallest absolute Gasteiger partial charge is 0.268 e. The van der Waals surface area contributed by atoms with Gasteiger partial charge in [-0.3, -0.25) is 9.59 Å². The second-order valence-electron chi connectivity index (χ2n) is 8.96. The van der Waals surface area contributed by atoms with Gasteiger partial charge < -0.3 is 15.6 Å². The highest BCUT2D eigenvalue weighted by Gasteiger charge is 2.51. The molecule has 2 amide bonds. The van der Waals surface area contributed by atoms with Gasteiger partial charge in [-0.25, -0.2) is 8.78 Å². The topological polar surface area (TPSA) is 74.0 Å². The van der Waals surface area contributed by atoms with Crippen LogP contribution in [0.15, 0.2) is 18.2 Å². The fourth-order valence-corrected chi connectivity index (χ4v) is 6.14. The first-order chi connectivity index (χ1) is 13.4. The van der Waals surface area contributed by atoms with E-state index < -0.39 is 17.5 Å². The van der Waals surface area contributed by atoms with Crippen LogP contribution in [0.2, 0.25) is 0 Å². The lowest BCUT2D eigenvalue weighted by molar-refractivity contribution is -0.125. The number of hydrogen-bond donors (Lipinski definition) is 3.